The summed E-state index contributed by atoms with van der Waals surface area (Å²) in [6, 6.07) is -1.39. The summed E-state index contributed by atoms with van der Waals surface area (Å²) in [5.74, 6) is -2.40. The summed E-state index contributed by atoms with van der Waals surface area (Å²) in [5.41, 5.74) is 0. The summed E-state index contributed by atoms with van der Waals surface area (Å²) in [7, 11) is 0. The molecule has 42 heavy (non-hydrogen) atoms. The number of unbranched alkanes of at least 4 members (excludes halogenated alkanes) is 15. The molecule has 244 valence electrons. The van der Waals surface area contributed by atoms with Crippen molar-refractivity contribution in [3.05, 3.63) is 12.2 Å². The van der Waals surface area contributed by atoms with Crippen molar-refractivity contribution >= 4 is 23.8 Å². The summed E-state index contributed by atoms with van der Waals surface area (Å²) in [6.45, 7) is 3.38. The van der Waals surface area contributed by atoms with E-state index in [0.29, 0.717) is 12.8 Å². The predicted octanol–water partition coefficient (Wildman–Crippen LogP) is 6.36. The van der Waals surface area contributed by atoms with Crippen LogP contribution in [0.15, 0.2) is 12.2 Å². The Morgan fingerprint density at radius 3 is 1.86 bits per heavy atom. The normalized spacial score (nSPS) is 12.6. The molecule has 0 radical (unpaired) electrons. The number of carboxylic acid groups (broad SMARTS) is 1. The minimum absolute atomic E-state index is 0.118. The topological polar surface area (TPSA) is 142 Å². The molecule has 0 rings (SSSR count). The quantitative estimate of drug-likeness (QED) is 0.0447. The van der Waals surface area contributed by atoms with E-state index in [4.69, 9.17) is 14.9 Å². The van der Waals surface area contributed by atoms with Crippen LogP contribution in [0.5, 0.6) is 0 Å². The zero-order valence-electron chi connectivity index (χ0n) is 26.5. The predicted molar refractivity (Wildman–Crippen MR) is 167 cm³/mol. The summed E-state index contributed by atoms with van der Waals surface area (Å²) in [4.78, 5) is 47.0. The van der Waals surface area contributed by atoms with Crippen LogP contribution in [0.25, 0.3) is 0 Å². The van der Waals surface area contributed by atoms with Crippen LogP contribution in [0, 0.1) is 0 Å². The number of esters is 1. The Kier molecular flexibility index (Phi) is 27.0. The van der Waals surface area contributed by atoms with Gasteiger partial charge in [0.2, 0.25) is 11.8 Å². The van der Waals surface area contributed by atoms with Gasteiger partial charge in [-0.3, -0.25) is 14.4 Å². The minimum atomic E-state index is -1.39. The van der Waals surface area contributed by atoms with Crippen LogP contribution >= 0.6 is 0 Å². The number of aliphatic hydroxyl groups excluding tert-OH is 1. The van der Waals surface area contributed by atoms with Crippen molar-refractivity contribution in [2.45, 2.75) is 161 Å². The van der Waals surface area contributed by atoms with Gasteiger partial charge in [-0.25, -0.2) is 4.79 Å². The SMILES string of the molecule is CCCCCCC/C=C\C(CCCCCCC(=O)NCC(=O)NC(CO)C(=O)O)OC(=O)CCCCCCCCCC. The van der Waals surface area contributed by atoms with E-state index in [1.165, 1.54) is 64.2 Å². The maximum atomic E-state index is 12.5. The summed E-state index contributed by atoms with van der Waals surface area (Å²) < 4.78 is 5.82. The fourth-order valence-corrected chi connectivity index (χ4v) is 4.62. The lowest BCUT2D eigenvalue weighted by atomic mass is 10.1. The molecule has 4 N–H and O–H groups in total. The number of nitrogens with one attached hydrogen (secondary N) is 2. The Labute approximate surface area is 254 Å². The van der Waals surface area contributed by atoms with E-state index in [2.05, 4.69) is 36.6 Å². The van der Waals surface area contributed by atoms with Crippen LogP contribution in [-0.2, 0) is 23.9 Å². The van der Waals surface area contributed by atoms with Gasteiger partial charge in [0.25, 0.3) is 0 Å². The molecular formula is C33H60N2O7. The molecule has 0 spiro atoms. The van der Waals surface area contributed by atoms with Gasteiger partial charge in [0.05, 0.1) is 13.2 Å². The van der Waals surface area contributed by atoms with Gasteiger partial charge in [-0.2, -0.15) is 0 Å². The van der Waals surface area contributed by atoms with E-state index in [1.807, 2.05) is 0 Å². The third-order valence-corrected chi connectivity index (χ3v) is 7.25. The molecule has 0 fully saturated rings. The highest BCUT2D eigenvalue weighted by Crippen LogP contribution is 2.15. The van der Waals surface area contributed by atoms with Gasteiger partial charge < -0.3 is 25.6 Å². The van der Waals surface area contributed by atoms with Crippen LogP contribution in [0.3, 0.4) is 0 Å². The number of carboxylic acids is 1. The smallest absolute Gasteiger partial charge is 0.328 e. The van der Waals surface area contributed by atoms with E-state index in [0.717, 1.165) is 51.4 Å². The average molecular weight is 597 g/mol. The molecule has 0 saturated heterocycles. The second-order valence-corrected chi connectivity index (χ2v) is 11.3. The van der Waals surface area contributed by atoms with Gasteiger partial charge in [0, 0.05) is 12.8 Å². The van der Waals surface area contributed by atoms with Crippen LogP contribution in [0.1, 0.15) is 149 Å². The number of carbonyl (C=O) groups excluding carboxylic acids is 3. The number of carbonyl (C=O) groups is 4. The highest BCUT2D eigenvalue weighted by atomic mass is 16.5. The maximum absolute atomic E-state index is 12.5. The van der Waals surface area contributed by atoms with Crippen molar-refractivity contribution in [1.29, 1.82) is 0 Å². The third-order valence-electron chi connectivity index (χ3n) is 7.25. The number of hydrogen-bond donors (Lipinski definition) is 4. The molecule has 0 aromatic heterocycles. The molecule has 0 aromatic rings. The molecule has 0 aliphatic rings. The Balaban J connectivity index is 4.31. The molecule has 0 saturated carbocycles. The summed E-state index contributed by atoms with van der Waals surface area (Å²) in [6.07, 6.45) is 25.5. The molecule has 2 unspecified atom stereocenters. The first-order valence-corrected chi connectivity index (χ1v) is 16.6. The zero-order chi connectivity index (χ0) is 31.3. The molecule has 0 aliphatic heterocycles. The number of rotatable bonds is 29. The molecule has 9 nitrogen and oxygen atoms in total. The van der Waals surface area contributed by atoms with Crippen molar-refractivity contribution in [1.82, 2.24) is 10.6 Å². The highest BCUT2D eigenvalue weighted by molar-refractivity contribution is 5.87. The lowest BCUT2D eigenvalue weighted by molar-refractivity contribution is -0.147. The standard InChI is InChI=1S/C33H60N2O7/c1-3-5-7-9-11-13-15-21-25-32(39)42-28(22-18-14-12-10-8-6-4-2)23-19-16-17-20-24-30(37)34-26-31(38)35-29(27-36)33(40)41/h18,22,28-29,36H,3-17,19-21,23-27H2,1-2H3,(H,34,37)(H,35,38)(H,40,41)/b22-18-. The maximum Gasteiger partial charge on any atom is 0.328 e. The molecule has 0 heterocycles. The monoisotopic (exact) mass is 596 g/mol. The van der Waals surface area contributed by atoms with Gasteiger partial charge in [0.1, 0.15) is 12.1 Å². The number of aliphatic carboxylic acids is 1. The van der Waals surface area contributed by atoms with Gasteiger partial charge in [0.15, 0.2) is 0 Å². The number of hydrogen-bond acceptors (Lipinski definition) is 6. The molecule has 2 atom stereocenters. The van der Waals surface area contributed by atoms with Crippen molar-refractivity contribution in [3.8, 4) is 0 Å². The first kappa shape index (κ1) is 39.6. The first-order valence-electron chi connectivity index (χ1n) is 16.6. The van der Waals surface area contributed by atoms with Gasteiger partial charge in [-0.15, -0.1) is 0 Å². The highest BCUT2D eigenvalue weighted by Gasteiger charge is 2.18. The summed E-state index contributed by atoms with van der Waals surface area (Å²) in [5, 5.41) is 22.4. The second kappa shape index (κ2) is 28.7. The van der Waals surface area contributed by atoms with Gasteiger partial charge in [-0.1, -0.05) is 103 Å². The number of aliphatic hydroxyl groups is 1. The van der Waals surface area contributed by atoms with Crippen LogP contribution in [0.4, 0.5) is 0 Å². The second-order valence-electron chi connectivity index (χ2n) is 11.3. The fraction of sp³-hybridized carbons (Fsp3) is 0.818. The lowest BCUT2D eigenvalue weighted by Crippen LogP contribution is -2.47. The van der Waals surface area contributed by atoms with Crippen molar-refractivity contribution in [3.63, 3.8) is 0 Å². The molecule has 2 amide bonds. The van der Waals surface area contributed by atoms with Crippen molar-refractivity contribution in [2.24, 2.45) is 0 Å². The summed E-state index contributed by atoms with van der Waals surface area (Å²) >= 11 is 0. The van der Waals surface area contributed by atoms with Gasteiger partial charge >= 0.3 is 11.9 Å². The van der Waals surface area contributed by atoms with E-state index in [1.54, 1.807) is 0 Å². The largest absolute Gasteiger partial charge is 0.480 e. The minimum Gasteiger partial charge on any atom is -0.480 e. The van der Waals surface area contributed by atoms with Gasteiger partial charge in [-0.05, 0) is 44.6 Å². The molecule has 0 bridgehead atoms. The Hall–Kier alpha value is -2.42. The Morgan fingerprint density at radius 2 is 1.26 bits per heavy atom. The molecular weight excluding hydrogens is 536 g/mol. The third kappa shape index (κ3) is 25.3. The Bertz CT molecular complexity index is 742. The molecule has 0 aromatic carbocycles. The van der Waals surface area contributed by atoms with E-state index < -0.39 is 24.5 Å². The van der Waals surface area contributed by atoms with E-state index in [-0.39, 0.29) is 30.9 Å². The number of ether oxygens (including phenoxy) is 1. The first-order chi connectivity index (χ1) is 20.3. The number of allylic oxidation sites excluding steroid dienone is 1. The van der Waals surface area contributed by atoms with Crippen molar-refractivity contribution in [2.75, 3.05) is 13.2 Å². The van der Waals surface area contributed by atoms with Crippen molar-refractivity contribution < 1.29 is 34.1 Å². The van der Waals surface area contributed by atoms with Crippen LogP contribution < -0.4 is 10.6 Å². The molecule has 0 aliphatic carbocycles. The van der Waals surface area contributed by atoms with Crippen LogP contribution in [-0.4, -0.2) is 59.3 Å². The molecule has 9 heteroatoms. The van der Waals surface area contributed by atoms with E-state index in [9.17, 15) is 19.2 Å². The zero-order valence-corrected chi connectivity index (χ0v) is 26.5. The van der Waals surface area contributed by atoms with E-state index >= 15 is 0 Å². The fourth-order valence-electron chi connectivity index (χ4n) is 4.62. The Morgan fingerprint density at radius 1 is 0.714 bits per heavy atom. The van der Waals surface area contributed by atoms with Crippen LogP contribution in [0.2, 0.25) is 0 Å². The number of amides is 2. The lowest BCUT2D eigenvalue weighted by Gasteiger charge is -2.15. The average Bonchev–Trinajstić information content (AvgIpc) is 2.97.